The quantitative estimate of drug-likeness (QED) is 0.808. The lowest BCUT2D eigenvalue weighted by Gasteiger charge is -2.37. The SMILES string of the molecule is CCC(NC(=O)c1c[nH]c2ccc(C)cc2c1=O)C1CC(O)C1. The lowest BCUT2D eigenvalue weighted by molar-refractivity contribution is 0.0232. The monoisotopic (exact) mass is 314 g/mol. The van der Waals surface area contributed by atoms with E-state index in [4.69, 9.17) is 0 Å². The zero-order chi connectivity index (χ0) is 16.6. The fourth-order valence-electron chi connectivity index (χ4n) is 3.26. The predicted molar refractivity (Wildman–Crippen MR) is 89.6 cm³/mol. The molecule has 1 atom stereocenters. The molecule has 1 aromatic carbocycles. The third-order valence-electron chi connectivity index (χ3n) is 4.76. The van der Waals surface area contributed by atoms with Crippen molar-refractivity contribution in [1.82, 2.24) is 10.3 Å². The van der Waals surface area contributed by atoms with Gasteiger partial charge >= 0.3 is 0 Å². The van der Waals surface area contributed by atoms with E-state index in [1.54, 1.807) is 6.07 Å². The number of pyridine rings is 1. The Labute approximate surface area is 134 Å². The number of hydrogen-bond acceptors (Lipinski definition) is 3. The van der Waals surface area contributed by atoms with Crippen molar-refractivity contribution in [2.75, 3.05) is 0 Å². The molecule has 23 heavy (non-hydrogen) atoms. The number of H-pyrrole nitrogens is 1. The molecule has 1 aliphatic rings. The van der Waals surface area contributed by atoms with Gasteiger partial charge in [0.2, 0.25) is 5.43 Å². The highest BCUT2D eigenvalue weighted by Gasteiger charge is 2.34. The fraction of sp³-hybridized carbons (Fsp3) is 0.444. The van der Waals surface area contributed by atoms with Gasteiger partial charge in [0, 0.05) is 23.1 Å². The lowest BCUT2D eigenvalue weighted by Crippen LogP contribution is -2.47. The molecule has 1 saturated carbocycles. The Morgan fingerprint density at radius 2 is 2.17 bits per heavy atom. The van der Waals surface area contributed by atoms with E-state index in [1.807, 2.05) is 26.0 Å². The van der Waals surface area contributed by atoms with Crippen molar-refractivity contribution in [1.29, 1.82) is 0 Å². The first kappa shape index (κ1) is 15.7. The van der Waals surface area contributed by atoms with Crippen LogP contribution in [0.5, 0.6) is 0 Å². The smallest absolute Gasteiger partial charge is 0.256 e. The van der Waals surface area contributed by atoms with E-state index >= 15 is 0 Å². The second-order valence-electron chi connectivity index (χ2n) is 6.45. The number of aliphatic hydroxyl groups is 1. The van der Waals surface area contributed by atoms with E-state index < -0.39 is 0 Å². The molecule has 0 saturated heterocycles. The van der Waals surface area contributed by atoms with Gasteiger partial charge in [-0.05, 0) is 44.2 Å². The van der Waals surface area contributed by atoms with Gasteiger partial charge in [-0.15, -0.1) is 0 Å². The summed E-state index contributed by atoms with van der Waals surface area (Å²) >= 11 is 0. The van der Waals surface area contributed by atoms with Crippen molar-refractivity contribution in [2.24, 2.45) is 5.92 Å². The topological polar surface area (TPSA) is 82.2 Å². The highest BCUT2D eigenvalue weighted by Crippen LogP contribution is 2.31. The minimum Gasteiger partial charge on any atom is -0.393 e. The molecule has 0 spiro atoms. The molecule has 5 nitrogen and oxygen atoms in total. The van der Waals surface area contributed by atoms with E-state index in [2.05, 4.69) is 10.3 Å². The number of carbonyl (C=O) groups excluding carboxylic acids is 1. The number of rotatable bonds is 4. The van der Waals surface area contributed by atoms with Crippen LogP contribution in [0.3, 0.4) is 0 Å². The Morgan fingerprint density at radius 3 is 2.83 bits per heavy atom. The highest BCUT2D eigenvalue weighted by atomic mass is 16.3. The molecule has 1 unspecified atom stereocenters. The number of carbonyl (C=O) groups is 1. The minimum absolute atomic E-state index is 0.00138. The zero-order valence-corrected chi connectivity index (χ0v) is 13.4. The van der Waals surface area contributed by atoms with Crippen LogP contribution in [-0.4, -0.2) is 28.1 Å². The molecule has 1 aliphatic carbocycles. The Balaban J connectivity index is 1.86. The van der Waals surface area contributed by atoms with E-state index in [9.17, 15) is 14.7 Å². The third kappa shape index (κ3) is 3.01. The molecule has 3 N–H and O–H groups in total. The van der Waals surface area contributed by atoms with Crippen molar-refractivity contribution in [3.63, 3.8) is 0 Å². The van der Waals surface area contributed by atoms with Gasteiger partial charge in [0.15, 0.2) is 0 Å². The molecule has 2 aromatic rings. The number of aliphatic hydroxyl groups excluding tert-OH is 1. The summed E-state index contributed by atoms with van der Waals surface area (Å²) in [5.74, 6) is -0.0522. The summed E-state index contributed by atoms with van der Waals surface area (Å²) in [6.07, 6.45) is 3.45. The molecule has 0 radical (unpaired) electrons. The molecule has 3 rings (SSSR count). The van der Waals surface area contributed by atoms with Gasteiger partial charge < -0.3 is 15.4 Å². The number of fused-ring (bicyclic) bond motifs is 1. The summed E-state index contributed by atoms with van der Waals surface area (Å²) < 4.78 is 0. The standard InChI is InChI=1S/C18H22N2O3/c1-3-15(11-7-12(21)8-11)20-18(23)14-9-19-16-5-4-10(2)6-13(16)17(14)22/h4-6,9,11-12,15,21H,3,7-8H2,1-2H3,(H,19,22)(H,20,23). The van der Waals surface area contributed by atoms with Crippen molar-refractivity contribution < 1.29 is 9.90 Å². The Hall–Kier alpha value is -2.14. The second kappa shape index (κ2) is 6.16. The van der Waals surface area contributed by atoms with Crippen LogP contribution in [-0.2, 0) is 0 Å². The molecule has 1 amide bonds. The van der Waals surface area contributed by atoms with Gasteiger partial charge in [-0.3, -0.25) is 9.59 Å². The molecular weight excluding hydrogens is 292 g/mol. The molecule has 1 heterocycles. The predicted octanol–water partition coefficient (Wildman–Crippen LogP) is 2.12. The summed E-state index contributed by atoms with van der Waals surface area (Å²) in [6, 6.07) is 5.56. The van der Waals surface area contributed by atoms with Gasteiger partial charge in [-0.1, -0.05) is 18.6 Å². The van der Waals surface area contributed by atoms with Crippen LogP contribution in [0.4, 0.5) is 0 Å². The van der Waals surface area contributed by atoms with Gasteiger partial charge in [0.1, 0.15) is 5.56 Å². The number of aromatic amines is 1. The summed E-state index contributed by atoms with van der Waals surface area (Å²) in [5, 5.41) is 12.9. The van der Waals surface area contributed by atoms with Crippen LogP contribution in [0.1, 0.15) is 42.1 Å². The number of aromatic nitrogens is 1. The van der Waals surface area contributed by atoms with Crippen molar-refractivity contribution >= 4 is 16.8 Å². The van der Waals surface area contributed by atoms with Crippen LogP contribution in [0, 0.1) is 12.8 Å². The van der Waals surface area contributed by atoms with Crippen molar-refractivity contribution in [3.8, 4) is 0 Å². The number of amides is 1. The second-order valence-corrected chi connectivity index (χ2v) is 6.45. The van der Waals surface area contributed by atoms with Crippen LogP contribution in [0.2, 0.25) is 0 Å². The van der Waals surface area contributed by atoms with Crippen LogP contribution >= 0.6 is 0 Å². The van der Waals surface area contributed by atoms with Crippen molar-refractivity contribution in [3.05, 3.63) is 45.7 Å². The highest BCUT2D eigenvalue weighted by molar-refractivity contribution is 5.97. The maximum atomic E-state index is 12.6. The Morgan fingerprint density at radius 1 is 1.43 bits per heavy atom. The van der Waals surface area contributed by atoms with Crippen LogP contribution in [0.15, 0.2) is 29.2 Å². The van der Waals surface area contributed by atoms with Gasteiger partial charge in [-0.2, -0.15) is 0 Å². The number of nitrogens with one attached hydrogen (secondary N) is 2. The van der Waals surface area contributed by atoms with E-state index in [0.29, 0.717) is 24.1 Å². The average molecular weight is 314 g/mol. The first-order valence-electron chi connectivity index (χ1n) is 8.10. The van der Waals surface area contributed by atoms with E-state index in [1.165, 1.54) is 6.20 Å². The van der Waals surface area contributed by atoms with Crippen molar-refractivity contribution in [2.45, 2.75) is 45.3 Å². The van der Waals surface area contributed by atoms with Crippen LogP contribution in [0.25, 0.3) is 10.9 Å². The van der Waals surface area contributed by atoms with E-state index in [-0.39, 0.29) is 29.0 Å². The molecule has 0 aliphatic heterocycles. The summed E-state index contributed by atoms with van der Waals surface area (Å²) in [4.78, 5) is 28.1. The summed E-state index contributed by atoms with van der Waals surface area (Å²) in [5.41, 5.74) is 1.60. The Kier molecular flexibility index (Phi) is 4.22. The molecular formula is C18H22N2O3. The largest absolute Gasteiger partial charge is 0.393 e. The fourth-order valence-corrected chi connectivity index (χ4v) is 3.26. The Bertz CT molecular complexity index is 790. The number of benzene rings is 1. The third-order valence-corrected chi connectivity index (χ3v) is 4.76. The molecule has 5 heteroatoms. The maximum Gasteiger partial charge on any atom is 0.256 e. The first-order valence-corrected chi connectivity index (χ1v) is 8.10. The van der Waals surface area contributed by atoms with E-state index in [0.717, 1.165) is 17.5 Å². The lowest BCUT2D eigenvalue weighted by atomic mass is 9.76. The maximum absolute atomic E-state index is 12.6. The summed E-state index contributed by atoms with van der Waals surface area (Å²) in [7, 11) is 0. The number of aryl methyl sites for hydroxylation is 1. The molecule has 122 valence electrons. The molecule has 0 bridgehead atoms. The number of hydrogen-bond donors (Lipinski definition) is 3. The average Bonchev–Trinajstić information content (AvgIpc) is 2.50. The van der Waals surface area contributed by atoms with Crippen LogP contribution < -0.4 is 10.7 Å². The normalized spacial score (nSPS) is 21.7. The first-order chi connectivity index (χ1) is 11.0. The minimum atomic E-state index is -0.345. The summed E-state index contributed by atoms with van der Waals surface area (Å²) in [6.45, 7) is 3.92. The van der Waals surface area contributed by atoms with Gasteiger partial charge in [0.05, 0.1) is 6.10 Å². The van der Waals surface area contributed by atoms with Gasteiger partial charge in [0.25, 0.3) is 5.91 Å². The molecule has 1 aromatic heterocycles. The zero-order valence-electron chi connectivity index (χ0n) is 13.4. The van der Waals surface area contributed by atoms with Gasteiger partial charge in [-0.25, -0.2) is 0 Å². The molecule has 1 fully saturated rings.